The Bertz CT molecular complexity index is 735. The molecular weight excluding hydrogens is 350 g/mol. The van der Waals surface area contributed by atoms with Gasteiger partial charge in [0.1, 0.15) is 12.4 Å². The highest BCUT2D eigenvalue weighted by Gasteiger charge is 2.19. The SMILES string of the molecule is CC(C)(C)c1ccc(CCCCCCCC(=O)O)cc1OCc1ccccn1. The van der Waals surface area contributed by atoms with E-state index >= 15 is 0 Å². The van der Waals surface area contributed by atoms with Crippen molar-refractivity contribution in [2.75, 3.05) is 0 Å². The molecule has 4 nitrogen and oxygen atoms in total. The molecule has 0 aliphatic rings. The van der Waals surface area contributed by atoms with Crippen LogP contribution in [0.25, 0.3) is 0 Å². The highest BCUT2D eigenvalue weighted by molar-refractivity contribution is 5.66. The fourth-order valence-corrected chi connectivity index (χ4v) is 3.23. The maximum absolute atomic E-state index is 10.5. The third-order valence-electron chi connectivity index (χ3n) is 4.81. The molecule has 0 unspecified atom stereocenters. The summed E-state index contributed by atoms with van der Waals surface area (Å²) in [7, 11) is 0. The number of nitrogens with zero attached hydrogens (tertiary/aromatic N) is 1. The summed E-state index contributed by atoms with van der Waals surface area (Å²) in [5.74, 6) is 0.245. The molecular formula is C24H33NO3. The first-order valence-corrected chi connectivity index (χ1v) is 10.2. The van der Waals surface area contributed by atoms with Crippen molar-refractivity contribution in [3.05, 3.63) is 59.4 Å². The van der Waals surface area contributed by atoms with Gasteiger partial charge in [0.15, 0.2) is 0 Å². The molecule has 0 atom stereocenters. The number of hydrogen-bond donors (Lipinski definition) is 1. The van der Waals surface area contributed by atoms with Crippen LogP contribution in [0.15, 0.2) is 42.6 Å². The molecule has 1 aromatic carbocycles. The van der Waals surface area contributed by atoms with Crippen LogP contribution >= 0.6 is 0 Å². The Hall–Kier alpha value is -2.36. The summed E-state index contributed by atoms with van der Waals surface area (Å²) in [6.45, 7) is 7.07. The highest BCUT2D eigenvalue weighted by Crippen LogP contribution is 2.33. The van der Waals surface area contributed by atoms with E-state index in [1.165, 1.54) is 11.1 Å². The second kappa shape index (κ2) is 10.8. The Morgan fingerprint density at radius 2 is 1.79 bits per heavy atom. The molecule has 0 aliphatic heterocycles. The fraction of sp³-hybridized carbons (Fsp3) is 0.500. The monoisotopic (exact) mass is 383 g/mol. The van der Waals surface area contributed by atoms with Gasteiger partial charge >= 0.3 is 5.97 Å². The summed E-state index contributed by atoms with van der Waals surface area (Å²) in [5.41, 5.74) is 3.44. The Labute approximate surface area is 169 Å². The lowest BCUT2D eigenvalue weighted by atomic mass is 9.85. The zero-order chi connectivity index (χ0) is 20.4. The Morgan fingerprint density at radius 1 is 1.04 bits per heavy atom. The quantitative estimate of drug-likeness (QED) is 0.489. The number of hydrogen-bond acceptors (Lipinski definition) is 3. The van der Waals surface area contributed by atoms with Crippen LogP contribution in [-0.4, -0.2) is 16.1 Å². The van der Waals surface area contributed by atoms with Crippen molar-refractivity contribution in [2.24, 2.45) is 0 Å². The van der Waals surface area contributed by atoms with Crippen LogP contribution < -0.4 is 4.74 Å². The van der Waals surface area contributed by atoms with Gasteiger partial charge in [-0.3, -0.25) is 9.78 Å². The summed E-state index contributed by atoms with van der Waals surface area (Å²) < 4.78 is 6.15. The molecule has 2 aromatic rings. The van der Waals surface area contributed by atoms with Gasteiger partial charge in [0.25, 0.3) is 0 Å². The minimum atomic E-state index is -0.697. The Kier molecular flexibility index (Phi) is 8.49. The number of unbranched alkanes of at least 4 members (excludes halogenated alkanes) is 4. The maximum Gasteiger partial charge on any atom is 0.303 e. The standard InChI is InChI=1S/C24H33NO3/c1-24(2,3)21-15-14-19(11-7-5-4-6-8-13-23(26)27)17-22(21)28-18-20-12-9-10-16-25-20/h9-10,12,14-17H,4-8,11,13,18H2,1-3H3,(H,26,27). The minimum absolute atomic E-state index is 0.0160. The summed E-state index contributed by atoms with van der Waals surface area (Å²) in [4.78, 5) is 14.9. The second-order valence-corrected chi connectivity index (χ2v) is 8.35. The first-order valence-electron chi connectivity index (χ1n) is 10.2. The van der Waals surface area contributed by atoms with Gasteiger partial charge in [-0.2, -0.15) is 0 Å². The van der Waals surface area contributed by atoms with Gasteiger partial charge in [0.2, 0.25) is 0 Å². The van der Waals surface area contributed by atoms with Crippen LogP contribution in [0, 0.1) is 0 Å². The molecule has 2 rings (SSSR count). The first kappa shape index (κ1) is 21.9. The predicted molar refractivity (Wildman–Crippen MR) is 113 cm³/mol. The molecule has 1 N–H and O–H groups in total. The van der Waals surface area contributed by atoms with E-state index in [9.17, 15) is 4.79 Å². The number of carbonyl (C=O) groups is 1. The van der Waals surface area contributed by atoms with Crippen LogP contribution in [-0.2, 0) is 23.2 Å². The molecule has 4 heteroatoms. The molecule has 0 saturated carbocycles. The van der Waals surface area contributed by atoms with Crippen molar-refractivity contribution in [1.82, 2.24) is 4.98 Å². The van der Waals surface area contributed by atoms with E-state index in [2.05, 4.69) is 44.0 Å². The number of rotatable bonds is 11. The van der Waals surface area contributed by atoms with Crippen molar-refractivity contribution >= 4 is 5.97 Å². The lowest BCUT2D eigenvalue weighted by Gasteiger charge is -2.23. The van der Waals surface area contributed by atoms with Crippen LogP contribution in [0.3, 0.4) is 0 Å². The molecule has 0 fully saturated rings. The molecule has 0 saturated heterocycles. The van der Waals surface area contributed by atoms with E-state index in [-0.39, 0.29) is 11.8 Å². The van der Waals surface area contributed by atoms with Gasteiger partial charge in [-0.25, -0.2) is 0 Å². The van der Waals surface area contributed by atoms with Crippen molar-refractivity contribution in [3.63, 3.8) is 0 Å². The average molecular weight is 384 g/mol. The number of benzene rings is 1. The number of ether oxygens (including phenoxy) is 1. The molecule has 0 spiro atoms. The zero-order valence-electron chi connectivity index (χ0n) is 17.4. The van der Waals surface area contributed by atoms with Gasteiger partial charge in [-0.1, -0.05) is 58.2 Å². The molecule has 0 bridgehead atoms. The maximum atomic E-state index is 10.5. The summed E-state index contributed by atoms with van der Waals surface area (Å²) in [6.07, 6.45) is 8.20. The zero-order valence-corrected chi connectivity index (χ0v) is 17.4. The summed E-state index contributed by atoms with van der Waals surface area (Å²) >= 11 is 0. The van der Waals surface area contributed by atoms with Crippen LogP contribution in [0.2, 0.25) is 0 Å². The minimum Gasteiger partial charge on any atom is -0.487 e. The summed E-state index contributed by atoms with van der Waals surface area (Å²) in [6, 6.07) is 12.4. The molecule has 152 valence electrons. The molecule has 28 heavy (non-hydrogen) atoms. The van der Waals surface area contributed by atoms with Crippen LogP contribution in [0.5, 0.6) is 5.75 Å². The summed E-state index contributed by atoms with van der Waals surface area (Å²) in [5, 5.41) is 8.67. The number of aromatic nitrogens is 1. The van der Waals surface area contributed by atoms with Crippen molar-refractivity contribution in [1.29, 1.82) is 0 Å². The van der Waals surface area contributed by atoms with Crippen LogP contribution in [0.1, 0.15) is 76.1 Å². The highest BCUT2D eigenvalue weighted by atomic mass is 16.5. The van der Waals surface area contributed by atoms with E-state index in [1.54, 1.807) is 6.20 Å². The molecule has 0 radical (unpaired) electrons. The number of aliphatic carboxylic acids is 1. The number of pyridine rings is 1. The second-order valence-electron chi connectivity index (χ2n) is 8.35. The van der Waals surface area contributed by atoms with E-state index in [0.29, 0.717) is 6.61 Å². The fourth-order valence-electron chi connectivity index (χ4n) is 3.23. The van der Waals surface area contributed by atoms with Gasteiger partial charge in [0, 0.05) is 12.6 Å². The first-order chi connectivity index (χ1) is 13.4. The Morgan fingerprint density at radius 3 is 2.46 bits per heavy atom. The van der Waals surface area contributed by atoms with E-state index in [1.807, 2.05) is 18.2 Å². The lowest BCUT2D eigenvalue weighted by molar-refractivity contribution is -0.137. The smallest absolute Gasteiger partial charge is 0.303 e. The predicted octanol–water partition coefficient (Wildman–Crippen LogP) is 5.93. The van der Waals surface area contributed by atoms with Gasteiger partial charge in [-0.05, 0) is 54.0 Å². The number of carboxylic acid groups (broad SMARTS) is 1. The van der Waals surface area contributed by atoms with Gasteiger partial charge in [0.05, 0.1) is 5.69 Å². The normalized spacial score (nSPS) is 11.4. The lowest BCUT2D eigenvalue weighted by Crippen LogP contribution is -2.14. The van der Waals surface area contributed by atoms with E-state index < -0.39 is 5.97 Å². The average Bonchev–Trinajstić information content (AvgIpc) is 2.65. The molecule has 0 amide bonds. The largest absolute Gasteiger partial charge is 0.487 e. The third kappa shape index (κ3) is 7.71. The third-order valence-corrected chi connectivity index (χ3v) is 4.81. The van der Waals surface area contributed by atoms with E-state index in [0.717, 1.165) is 50.0 Å². The molecule has 1 heterocycles. The molecule has 0 aliphatic carbocycles. The number of carboxylic acids is 1. The Balaban J connectivity index is 1.91. The van der Waals surface area contributed by atoms with Crippen molar-refractivity contribution in [3.8, 4) is 5.75 Å². The van der Waals surface area contributed by atoms with Gasteiger partial charge < -0.3 is 9.84 Å². The van der Waals surface area contributed by atoms with E-state index in [4.69, 9.17) is 9.84 Å². The van der Waals surface area contributed by atoms with Crippen LogP contribution in [0.4, 0.5) is 0 Å². The topological polar surface area (TPSA) is 59.4 Å². The number of aryl methyl sites for hydroxylation is 1. The van der Waals surface area contributed by atoms with Gasteiger partial charge in [-0.15, -0.1) is 0 Å². The van der Waals surface area contributed by atoms with Crippen molar-refractivity contribution in [2.45, 2.75) is 77.7 Å². The molecule has 1 aromatic heterocycles. The van der Waals surface area contributed by atoms with Crippen molar-refractivity contribution < 1.29 is 14.6 Å².